The van der Waals surface area contributed by atoms with Crippen LogP contribution in [0.5, 0.6) is 0 Å². The number of carbonyl (C=O) groups excluding carboxylic acids is 1. The summed E-state index contributed by atoms with van der Waals surface area (Å²) in [6, 6.07) is 13.2. The molecular weight excluding hydrogens is 336 g/mol. The van der Waals surface area contributed by atoms with Crippen molar-refractivity contribution in [3.63, 3.8) is 0 Å². The maximum atomic E-state index is 11.7. The molecule has 0 aliphatic rings. The molecule has 0 unspecified atom stereocenters. The molecule has 0 spiro atoms. The van der Waals surface area contributed by atoms with E-state index in [0.29, 0.717) is 12.2 Å². The zero-order valence-corrected chi connectivity index (χ0v) is 12.6. The minimum absolute atomic E-state index is 0.177. The SMILES string of the molecule is O=C(NCc1ccc(Br)cc1)Nc1ccc(C(=O)O)cc1. The van der Waals surface area contributed by atoms with E-state index in [1.54, 1.807) is 12.1 Å². The standard InChI is InChI=1S/C15H13BrN2O3/c16-12-5-1-10(2-6-12)9-17-15(21)18-13-7-3-11(4-8-13)14(19)20/h1-8H,9H2,(H,19,20)(H2,17,18,21). The Hall–Kier alpha value is -2.34. The second-order valence-electron chi connectivity index (χ2n) is 4.32. The summed E-state index contributed by atoms with van der Waals surface area (Å²) in [7, 11) is 0. The number of carboxylic acids is 1. The van der Waals surface area contributed by atoms with Gasteiger partial charge in [-0.3, -0.25) is 0 Å². The van der Waals surface area contributed by atoms with Crippen molar-refractivity contribution in [3.05, 3.63) is 64.1 Å². The number of anilines is 1. The van der Waals surface area contributed by atoms with Gasteiger partial charge in [0.1, 0.15) is 0 Å². The molecule has 21 heavy (non-hydrogen) atoms. The summed E-state index contributed by atoms with van der Waals surface area (Å²) in [6.45, 7) is 0.409. The number of hydrogen-bond donors (Lipinski definition) is 3. The van der Waals surface area contributed by atoms with Crippen LogP contribution in [-0.2, 0) is 6.54 Å². The van der Waals surface area contributed by atoms with E-state index >= 15 is 0 Å². The lowest BCUT2D eigenvalue weighted by Gasteiger charge is -2.08. The maximum absolute atomic E-state index is 11.7. The number of nitrogens with one attached hydrogen (secondary N) is 2. The summed E-state index contributed by atoms with van der Waals surface area (Å²) in [5.74, 6) is -0.999. The van der Waals surface area contributed by atoms with Crippen molar-refractivity contribution in [2.24, 2.45) is 0 Å². The molecule has 0 radical (unpaired) electrons. The topological polar surface area (TPSA) is 78.4 Å². The molecule has 0 fully saturated rings. The fourth-order valence-electron chi connectivity index (χ4n) is 1.66. The largest absolute Gasteiger partial charge is 0.478 e. The van der Waals surface area contributed by atoms with Gasteiger partial charge in [-0.05, 0) is 42.0 Å². The first-order valence-corrected chi connectivity index (χ1v) is 6.96. The van der Waals surface area contributed by atoms with Crippen LogP contribution in [0.15, 0.2) is 53.0 Å². The summed E-state index contributed by atoms with van der Waals surface area (Å²) in [5.41, 5.74) is 1.69. The molecule has 2 aromatic rings. The molecule has 6 heteroatoms. The predicted octanol–water partition coefficient (Wildman–Crippen LogP) is 3.47. The van der Waals surface area contributed by atoms with Gasteiger partial charge in [0.2, 0.25) is 0 Å². The summed E-state index contributed by atoms with van der Waals surface area (Å²) in [6.07, 6.45) is 0. The molecule has 0 saturated heterocycles. The van der Waals surface area contributed by atoms with Crippen molar-refractivity contribution in [3.8, 4) is 0 Å². The van der Waals surface area contributed by atoms with Gasteiger partial charge in [0.25, 0.3) is 0 Å². The average molecular weight is 349 g/mol. The van der Waals surface area contributed by atoms with E-state index in [0.717, 1.165) is 10.0 Å². The highest BCUT2D eigenvalue weighted by molar-refractivity contribution is 9.10. The summed E-state index contributed by atoms with van der Waals surface area (Å²) < 4.78 is 0.981. The number of carboxylic acid groups (broad SMARTS) is 1. The molecule has 0 aliphatic carbocycles. The normalized spacial score (nSPS) is 9.95. The van der Waals surface area contributed by atoms with Gasteiger partial charge >= 0.3 is 12.0 Å². The number of urea groups is 1. The molecule has 2 rings (SSSR count). The Morgan fingerprint density at radius 2 is 1.62 bits per heavy atom. The fourth-order valence-corrected chi connectivity index (χ4v) is 1.92. The van der Waals surface area contributed by atoms with Crippen LogP contribution in [-0.4, -0.2) is 17.1 Å². The van der Waals surface area contributed by atoms with E-state index in [9.17, 15) is 9.59 Å². The second kappa shape index (κ2) is 6.90. The number of hydrogen-bond acceptors (Lipinski definition) is 2. The fraction of sp³-hybridized carbons (Fsp3) is 0.0667. The third kappa shape index (κ3) is 4.61. The number of halogens is 1. The van der Waals surface area contributed by atoms with Crippen LogP contribution < -0.4 is 10.6 Å². The summed E-state index contributed by atoms with van der Waals surface area (Å²) in [5, 5.41) is 14.1. The lowest BCUT2D eigenvalue weighted by Crippen LogP contribution is -2.28. The Balaban J connectivity index is 1.86. The van der Waals surface area contributed by atoms with E-state index in [4.69, 9.17) is 5.11 Å². The maximum Gasteiger partial charge on any atom is 0.335 e. The Kier molecular flexibility index (Phi) is 4.94. The van der Waals surface area contributed by atoms with E-state index < -0.39 is 5.97 Å². The first-order chi connectivity index (χ1) is 10.0. The molecule has 5 nitrogen and oxygen atoms in total. The van der Waals surface area contributed by atoms with Crippen LogP contribution >= 0.6 is 15.9 Å². The molecule has 0 saturated carbocycles. The van der Waals surface area contributed by atoms with Gasteiger partial charge in [0.15, 0.2) is 0 Å². The minimum Gasteiger partial charge on any atom is -0.478 e. The van der Waals surface area contributed by atoms with Crippen LogP contribution in [0.3, 0.4) is 0 Å². The molecule has 0 aliphatic heterocycles. The number of rotatable bonds is 4. The minimum atomic E-state index is -0.999. The molecule has 2 aromatic carbocycles. The highest BCUT2D eigenvalue weighted by Gasteiger charge is 2.04. The molecule has 0 atom stereocenters. The lowest BCUT2D eigenvalue weighted by atomic mass is 10.2. The van der Waals surface area contributed by atoms with E-state index in [-0.39, 0.29) is 11.6 Å². The Bertz CT molecular complexity index is 639. The molecule has 3 N–H and O–H groups in total. The summed E-state index contributed by atoms with van der Waals surface area (Å²) >= 11 is 3.34. The molecule has 108 valence electrons. The number of benzene rings is 2. The highest BCUT2D eigenvalue weighted by Crippen LogP contribution is 2.11. The van der Waals surface area contributed by atoms with Gasteiger partial charge in [-0.15, -0.1) is 0 Å². The number of amides is 2. The average Bonchev–Trinajstić information content (AvgIpc) is 2.47. The lowest BCUT2D eigenvalue weighted by molar-refractivity contribution is 0.0697. The predicted molar refractivity (Wildman–Crippen MR) is 83.4 cm³/mol. The Morgan fingerprint density at radius 3 is 2.19 bits per heavy atom. The van der Waals surface area contributed by atoms with Gasteiger partial charge in [-0.25, -0.2) is 9.59 Å². The van der Waals surface area contributed by atoms with Crippen LogP contribution in [0.1, 0.15) is 15.9 Å². The molecule has 0 bridgehead atoms. The van der Waals surface area contributed by atoms with Crippen LogP contribution in [0, 0.1) is 0 Å². The van der Waals surface area contributed by atoms with Gasteiger partial charge < -0.3 is 15.7 Å². The van der Waals surface area contributed by atoms with E-state index in [1.165, 1.54) is 12.1 Å². The first-order valence-electron chi connectivity index (χ1n) is 6.17. The zero-order valence-electron chi connectivity index (χ0n) is 11.0. The van der Waals surface area contributed by atoms with Crippen molar-refractivity contribution >= 4 is 33.6 Å². The van der Waals surface area contributed by atoms with Crippen molar-refractivity contribution in [1.29, 1.82) is 0 Å². The second-order valence-corrected chi connectivity index (χ2v) is 5.23. The monoisotopic (exact) mass is 348 g/mol. The van der Waals surface area contributed by atoms with Gasteiger partial charge in [-0.1, -0.05) is 28.1 Å². The van der Waals surface area contributed by atoms with Gasteiger partial charge in [0, 0.05) is 16.7 Å². The Labute approximate surface area is 130 Å². The third-order valence-corrected chi connectivity index (χ3v) is 3.28. The summed E-state index contributed by atoms with van der Waals surface area (Å²) in [4.78, 5) is 22.4. The van der Waals surface area contributed by atoms with E-state index in [2.05, 4.69) is 26.6 Å². The van der Waals surface area contributed by atoms with Crippen molar-refractivity contribution in [1.82, 2.24) is 5.32 Å². The highest BCUT2D eigenvalue weighted by atomic mass is 79.9. The van der Waals surface area contributed by atoms with Crippen LogP contribution in [0.4, 0.5) is 10.5 Å². The van der Waals surface area contributed by atoms with Crippen molar-refractivity contribution in [2.45, 2.75) is 6.54 Å². The quantitative estimate of drug-likeness (QED) is 0.791. The molecule has 0 heterocycles. The third-order valence-electron chi connectivity index (χ3n) is 2.76. The van der Waals surface area contributed by atoms with Crippen molar-refractivity contribution in [2.75, 3.05) is 5.32 Å². The van der Waals surface area contributed by atoms with Gasteiger partial charge in [0.05, 0.1) is 5.56 Å². The smallest absolute Gasteiger partial charge is 0.335 e. The van der Waals surface area contributed by atoms with Crippen LogP contribution in [0.25, 0.3) is 0 Å². The first kappa shape index (κ1) is 15.1. The molecule has 0 aromatic heterocycles. The van der Waals surface area contributed by atoms with Crippen molar-refractivity contribution < 1.29 is 14.7 Å². The zero-order chi connectivity index (χ0) is 15.2. The number of carbonyl (C=O) groups is 2. The molecule has 2 amide bonds. The van der Waals surface area contributed by atoms with Crippen LogP contribution in [0.2, 0.25) is 0 Å². The van der Waals surface area contributed by atoms with Gasteiger partial charge in [-0.2, -0.15) is 0 Å². The molecular formula is C15H13BrN2O3. The number of aromatic carboxylic acids is 1. The van der Waals surface area contributed by atoms with E-state index in [1.807, 2.05) is 24.3 Å². The Morgan fingerprint density at radius 1 is 1.00 bits per heavy atom.